The average Bonchev–Trinajstić information content (AvgIpc) is 2.44. The van der Waals surface area contributed by atoms with E-state index in [-0.39, 0.29) is 17.2 Å². The Balaban J connectivity index is 2.83. The van der Waals surface area contributed by atoms with Crippen LogP contribution in [0.5, 0.6) is 0 Å². The first-order valence-corrected chi connectivity index (χ1v) is 7.49. The molecule has 1 aromatic carbocycles. The van der Waals surface area contributed by atoms with E-state index >= 15 is 0 Å². The molecule has 4 heteroatoms. The van der Waals surface area contributed by atoms with E-state index in [1.807, 2.05) is 0 Å². The molecule has 0 saturated heterocycles. The number of carboxylic acid groups (broad SMARTS) is 1. The maximum Gasteiger partial charge on any atom is 0.339 e. The third-order valence-electron chi connectivity index (χ3n) is 3.27. The molecule has 0 saturated carbocycles. The number of esters is 1. The molecule has 0 unspecified atom stereocenters. The summed E-state index contributed by atoms with van der Waals surface area (Å²) in [5.41, 5.74) is 0.108. The lowest BCUT2D eigenvalue weighted by molar-refractivity contribution is 0.0222. The minimum atomic E-state index is -1.11. The Morgan fingerprint density at radius 2 is 1.81 bits per heavy atom. The average molecular weight is 292 g/mol. The van der Waals surface area contributed by atoms with Gasteiger partial charge in [0.25, 0.3) is 0 Å². The fourth-order valence-electron chi connectivity index (χ4n) is 2.24. The summed E-state index contributed by atoms with van der Waals surface area (Å²) >= 11 is 0. The standard InChI is InChI=1S/C17H24O4/c1-4-5-8-13(11-12(2)3)21-17(20)15-10-7-6-9-14(15)16(18)19/h6-7,9-10,12-13H,4-5,8,11H2,1-3H3,(H,18,19)/t13-/m1/s1. The molecule has 1 atom stereocenters. The molecule has 0 aromatic heterocycles. The molecular weight excluding hydrogens is 268 g/mol. The van der Waals surface area contributed by atoms with E-state index in [4.69, 9.17) is 9.84 Å². The normalized spacial score (nSPS) is 12.2. The van der Waals surface area contributed by atoms with Gasteiger partial charge in [0.05, 0.1) is 11.1 Å². The lowest BCUT2D eigenvalue weighted by Crippen LogP contribution is -2.22. The summed E-state index contributed by atoms with van der Waals surface area (Å²) < 4.78 is 5.54. The van der Waals surface area contributed by atoms with Crippen molar-refractivity contribution in [3.8, 4) is 0 Å². The molecule has 1 aromatic rings. The number of ether oxygens (including phenoxy) is 1. The van der Waals surface area contributed by atoms with E-state index < -0.39 is 11.9 Å². The van der Waals surface area contributed by atoms with Gasteiger partial charge < -0.3 is 9.84 Å². The van der Waals surface area contributed by atoms with E-state index in [1.54, 1.807) is 12.1 Å². The maximum absolute atomic E-state index is 12.2. The van der Waals surface area contributed by atoms with Crippen LogP contribution in [0.15, 0.2) is 24.3 Å². The second-order valence-electron chi connectivity index (χ2n) is 5.65. The van der Waals surface area contributed by atoms with Crippen molar-refractivity contribution in [2.75, 3.05) is 0 Å². The monoisotopic (exact) mass is 292 g/mol. The Morgan fingerprint density at radius 1 is 1.19 bits per heavy atom. The van der Waals surface area contributed by atoms with Crippen molar-refractivity contribution in [2.45, 2.75) is 52.6 Å². The molecule has 0 radical (unpaired) electrons. The Kier molecular flexibility index (Phi) is 6.92. The number of carbonyl (C=O) groups is 2. The van der Waals surface area contributed by atoms with Crippen LogP contribution in [-0.2, 0) is 4.74 Å². The van der Waals surface area contributed by atoms with Crippen LogP contribution >= 0.6 is 0 Å². The molecule has 0 spiro atoms. The zero-order valence-electron chi connectivity index (χ0n) is 13.0. The molecule has 0 aliphatic heterocycles. The van der Waals surface area contributed by atoms with Gasteiger partial charge >= 0.3 is 11.9 Å². The number of unbranched alkanes of at least 4 members (excludes halogenated alkanes) is 1. The molecule has 0 aliphatic carbocycles. The van der Waals surface area contributed by atoms with Gasteiger partial charge in [-0.25, -0.2) is 9.59 Å². The van der Waals surface area contributed by atoms with Gasteiger partial charge in [-0.15, -0.1) is 0 Å². The van der Waals surface area contributed by atoms with Crippen LogP contribution in [-0.4, -0.2) is 23.1 Å². The molecule has 0 fully saturated rings. The summed E-state index contributed by atoms with van der Waals surface area (Å²) in [4.78, 5) is 23.4. The minimum Gasteiger partial charge on any atom is -0.478 e. The Hall–Kier alpha value is -1.84. The predicted molar refractivity (Wildman–Crippen MR) is 81.6 cm³/mol. The van der Waals surface area contributed by atoms with Crippen LogP contribution in [0, 0.1) is 5.92 Å². The van der Waals surface area contributed by atoms with Gasteiger partial charge in [0.15, 0.2) is 0 Å². The van der Waals surface area contributed by atoms with Crippen LogP contribution in [0.2, 0.25) is 0 Å². The zero-order chi connectivity index (χ0) is 15.8. The van der Waals surface area contributed by atoms with Crippen molar-refractivity contribution in [3.63, 3.8) is 0 Å². The van der Waals surface area contributed by atoms with Gasteiger partial charge in [-0.05, 0) is 30.9 Å². The number of benzene rings is 1. The first-order valence-electron chi connectivity index (χ1n) is 7.49. The number of carboxylic acids is 1. The minimum absolute atomic E-state index is 0.0127. The molecule has 0 bridgehead atoms. The molecule has 0 heterocycles. The second-order valence-corrected chi connectivity index (χ2v) is 5.65. The number of hydrogen-bond acceptors (Lipinski definition) is 3. The van der Waals surface area contributed by atoms with Gasteiger partial charge in [0.1, 0.15) is 6.10 Å². The highest BCUT2D eigenvalue weighted by molar-refractivity contribution is 6.02. The fraction of sp³-hybridized carbons (Fsp3) is 0.529. The molecule has 1 rings (SSSR count). The second kappa shape index (κ2) is 8.45. The van der Waals surface area contributed by atoms with Crippen molar-refractivity contribution in [1.29, 1.82) is 0 Å². The molecule has 1 N–H and O–H groups in total. The van der Waals surface area contributed by atoms with Crippen LogP contribution in [0.25, 0.3) is 0 Å². The van der Waals surface area contributed by atoms with Crippen molar-refractivity contribution in [2.24, 2.45) is 5.92 Å². The van der Waals surface area contributed by atoms with E-state index in [1.165, 1.54) is 12.1 Å². The van der Waals surface area contributed by atoms with Crippen LogP contribution in [0.3, 0.4) is 0 Å². The SMILES string of the molecule is CCCC[C@H](CC(C)C)OC(=O)c1ccccc1C(=O)O. The van der Waals surface area contributed by atoms with Crippen molar-refractivity contribution in [1.82, 2.24) is 0 Å². The lowest BCUT2D eigenvalue weighted by Gasteiger charge is -2.20. The summed E-state index contributed by atoms with van der Waals surface area (Å²) in [7, 11) is 0. The molecule has 4 nitrogen and oxygen atoms in total. The molecule has 116 valence electrons. The third kappa shape index (κ3) is 5.58. The highest BCUT2D eigenvalue weighted by atomic mass is 16.5. The van der Waals surface area contributed by atoms with Gasteiger partial charge in [0.2, 0.25) is 0 Å². The van der Waals surface area contributed by atoms with Crippen LogP contribution < -0.4 is 0 Å². The summed E-state index contributed by atoms with van der Waals surface area (Å²) in [6, 6.07) is 6.16. The van der Waals surface area contributed by atoms with Gasteiger partial charge in [-0.1, -0.05) is 45.7 Å². The maximum atomic E-state index is 12.2. The number of hydrogen-bond donors (Lipinski definition) is 1. The smallest absolute Gasteiger partial charge is 0.339 e. The number of rotatable bonds is 8. The Morgan fingerprint density at radius 3 is 2.33 bits per heavy atom. The number of carbonyl (C=O) groups excluding carboxylic acids is 1. The van der Waals surface area contributed by atoms with Crippen molar-refractivity contribution >= 4 is 11.9 Å². The van der Waals surface area contributed by atoms with E-state index in [0.717, 1.165) is 25.7 Å². The molecule has 0 aliphatic rings. The first kappa shape index (κ1) is 17.2. The highest BCUT2D eigenvalue weighted by Gasteiger charge is 2.21. The van der Waals surface area contributed by atoms with E-state index in [2.05, 4.69) is 20.8 Å². The Bertz CT molecular complexity index is 479. The quantitative estimate of drug-likeness (QED) is 0.731. The first-order chi connectivity index (χ1) is 9.95. The fourth-order valence-corrected chi connectivity index (χ4v) is 2.24. The Labute approximate surface area is 126 Å². The third-order valence-corrected chi connectivity index (χ3v) is 3.27. The van der Waals surface area contributed by atoms with Gasteiger partial charge in [-0.3, -0.25) is 0 Å². The summed E-state index contributed by atoms with van der Waals surface area (Å²) in [6.07, 6.45) is 3.49. The predicted octanol–water partition coefficient (Wildman–Crippen LogP) is 4.15. The summed E-state index contributed by atoms with van der Waals surface area (Å²) in [5.74, 6) is -1.24. The van der Waals surface area contributed by atoms with Gasteiger partial charge in [-0.2, -0.15) is 0 Å². The number of aromatic carboxylic acids is 1. The highest BCUT2D eigenvalue weighted by Crippen LogP contribution is 2.18. The van der Waals surface area contributed by atoms with Crippen molar-refractivity contribution < 1.29 is 19.4 Å². The molecule has 21 heavy (non-hydrogen) atoms. The van der Waals surface area contributed by atoms with Gasteiger partial charge in [0, 0.05) is 0 Å². The summed E-state index contributed by atoms with van der Waals surface area (Å²) in [6.45, 7) is 6.25. The topological polar surface area (TPSA) is 63.6 Å². The zero-order valence-corrected chi connectivity index (χ0v) is 13.0. The van der Waals surface area contributed by atoms with E-state index in [0.29, 0.717) is 5.92 Å². The summed E-state index contributed by atoms with van der Waals surface area (Å²) in [5, 5.41) is 9.13. The molecule has 0 amide bonds. The van der Waals surface area contributed by atoms with Crippen LogP contribution in [0.4, 0.5) is 0 Å². The largest absolute Gasteiger partial charge is 0.478 e. The van der Waals surface area contributed by atoms with E-state index in [9.17, 15) is 9.59 Å². The molecular formula is C17H24O4. The lowest BCUT2D eigenvalue weighted by atomic mass is 10.0. The van der Waals surface area contributed by atoms with Crippen LogP contribution in [0.1, 0.15) is 67.2 Å². The van der Waals surface area contributed by atoms with Crippen molar-refractivity contribution in [3.05, 3.63) is 35.4 Å².